The summed E-state index contributed by atoms with van der Waals surface area (Å²) in [6.45, 7) is 0. The molecule has 20 heavy (non-hydrogen) atoms. The lowest BCUT2D eigenvalue weighted by molar-refractivity contribution is 0.886. The van der Waals surface area contributed by atoms with E-state index in [1.807, 2.05) is 17.8 Å². The summed E-state index contributed by atoms with van der Waals surface area (Å²) < 4.78 is 1.72. The molecule has 1 fully saturated rings. The number of aromatic amines is 1. The van der Waals surface area contributed by atoms with Gasteiger partial charge in [-0.15, -0.1) is 0 Å². The van der Waals surface area contributed by atoms with Crippen molar-refractivity contribution in [1.29, 1.82) is 0 Å². The Morgan fingerprint density at radius 1 is 1.30 bits per heavy atom. The highest BCUT2D eigenvalue weighted by Gasteiger charge is 2.16. The number of nitrogens with one attached hydrogen (secondary N) is 1. The number of fused-ring (bicyclic) bond motifs is 1. The zero-order valence-electron chi connectivity index (χ0n) is 10.8. The number of thioether (sulfide) groups is 1. The highest BCUT2D eigenvalue weighted by molar-refractivity contribution is 9.11. The van der Waals surface area contributed by atoms with Crippen molar-refractivity contribution in [2.45, 2.75) is 36.7 Å². The minimum Gasteiger partial charge on any atom is -0.309 e. The minimum atomic E-state index is -0.0704. The predicted molar refractivity (Wildman–Crippen MR) is 91.3 cm³/mol. The van der Waals surface area contributed by atoms with E-state index in [9.17, 15) is 4.79 Å². The van der Waals surface area contributed by atoms with Gasteiger partial charge in [0.15, 0.2) is 0 Å². The Bertz CT molecular complexity index is 695. The molecule has 0 saturated heterocycles. The standard InChI is InChI=1S/C14H14Br2N2OS/c15-8-5-10-13(11(16)6-8)17-12(18-14(10)19)7-20-9-3-1-2-4-9/h5-6,9H,1-4,7H2,(H,17,18,19). The van der Waals surface area contributed by atoms with Crippen LogP contribution in [0.4, 0.5) is 0 Å². The van der Waals surface area contributed by atoms with E-state index in [0.717, 1.165) is 31.3 Å². The normalized spacial score (nSPS) is 16.1. The quantitative estimate of drug-likeness (QED) is 0.792. The fraction of sp³-hybridized carbons (Fsp3) is 0.429. The van der Waals surface area contributed by atoms with Crippen LogP contribution in [0.3, 0.4) is 0 Å². The fourth-order valence-electron chi connectivity index (χ4n) is 2.53. The Hall–Kier alpha value is -0.330. The van der Waals surface area contributed by atoms with E-state index in [1.165, 1.54) is 25.7 Å². The summed E-state index contributed by atoms with van der Waals surface area (Å²) in [6, 6.07) is 3.72. The van der Waals surface area contributed by atoms with Gasteiger partial charge in [0, 0.05) is 14.2 Å². The second-order valence-corrected chi connectivity index (χ2v) is 8.07. The first-order valence-electron chi connectivity index (χ1n) is 6.63. The van der Waals surface area contributed by atoms with Gasteiger partial charge in [0.25, 0.3) is 5.56 Å². The Balaban J connectivity index is 1.90. The Labute approximate surface area is 138 Å². The van der Waals surface area contributed by atoms with Gasteiger partial charge in [-0.05, 0) is 40.9 Å². The van der Waals surface area contributed by atoms with E-state index >= 15 is 0 Å². The topological polar surface area (TPSA) is 45.8 Å². The molecule has 1 aliphatic rings. The van der Waals surface area contributed by atoms with Crippen molar-refractivity contribution < 1.29 is 0 Å². The molecule has 1 aromatic heterocycles. The van der Waals surface area contributed by atoms with Crippen LogP contribution in [0.25, 0.3) is 10.9 Å². The first-order chi connectivity index (χ1) is 9.63. The van der Waals surface area contributed by atoms with Crippen LogP contribution in [0.2, 0.25) is 0 Å². The molecule has 1 aromatic carbocycles. The van der Waals surface area contributed by atoms with E-state index in [4.69, 9.17) is 0 Å². The van der Waals surface area contributed by atoms with Crippen molar-refractivity contribution in [1.82, 2.24) is 9.97 Å². The van der Waals surface area contributed by atoms with Crippen molar-refractivity contribution in [3.63, 3.8) is 0 Å². The molecule has 0 unspecified atom stereocenters. The lowest BCUT2D eigenvalue weighted by Crippen LogP contribution is -2.12. The molecule has 0 spiro atoms. The molecule has 0 aliphatic heterocycles. The van der Waals surface area contributed by atoms with E-state index < -0.39 is 0 Å². The Kier molecular flexibility index (Phi) is 4.52. The number of benzene rings is 1. The van der Waals surface area contributed by atoms with E-state index in [-0.39, 0.29) is 5.56 Å². The van der Waals surface area contributed by atoms with Crippen molar-refractivity contribution in [2.75, 3.05) is 0 Å². The van der Waals surface area contributed by atoms with Gasteiger partial charge in [0.2, 0.25) is 0 Å². The van der Waals surface area contributed by atoms with Gasteiger partial charge in [-0.3, -0.25) is 4.79 Å². The van der Waals surface area contributed by atoms with Crippen molar-refractivity contribution in [3.8, 4) is 0 Å². The molecule has 6 heteroatoms. The monoisotopic (exact) mass is 416 g/mol. The molecule has 1 saturated carbocycles. The molecule has 3 rings (SSSR count). The van der Waals surface area contributed by atoms with Crippen LogP contribution in [0.15, 0.2) is 25.9 Å². The summed E-state index contributed by atoms with van der Waals surface area (Å²) in [6.07, 6.45) is 5.25. The molecule has 1 N–H and O–H groups in total. The number of halogens is 2. The van der Waals surface area contributed by atoms with Gasteiger partial charge >= 0.3 is 0 Å². The van der Waals surface area contributed by atoms with Gasteiger partial charge < -0.3 is 4.98 Å². The lowest BCUT2D eigenvalue weighted by atomic mass is 10.2. The molecule has 3 nitrogen and oxygen atoms in total. The van der Waals surface area contributed by atoms with Crippen LogP contribution in [-0.4, -0.2) is 15.2 Å². The zero-order valence-corrected chi connectivity index (χ0v) is 14.8. The zero-order chi connectivity index (χ0) is 14.1. The third-order valence-electron chi connectivity index (χ3n) is 3.54. The summed E-state index contributed by atoms with van der Waals surface area (Å²) in [5.74, 6) is 1.54. The Morgan fingerprint density at radius 2 is 2.05 bits per heavy atom. The summed E-state index contributed by atoms with van der Waals surface area (Å²) in [5, 5.41) is 1.34. The van der Waals surface area contributed by atoms with Crippen LogP contribution >= 0.6 is 43.6 Å². The summed E-state index contributed by atoms with van der Waals surface area (Å²) >= 11 is 8.78. The second kappa shape index (κ2) is 6.20. The number of nitrogens with zero attached hydrogens (tertiary/aromatic N) is 1. The fourth-order valence-corrected chi connectivity index (χ4v) is 5.05. The molecular formula is C14H14Br2N2OS. The molecule has 1 heterocycles. The average Bonchev–Trinajstić information content (AvgIpc) is 2.91. The maximum Gasteiger partial charge on any atom is 0.258 e. The molecule has 106 valence electrons. The highest BCUT2D eigenvalue weighted by atomic mass is 79.9. The van der Waals surface area contributed by atoms with Crippen molar-refractivity contribution in [3.05, 3.63) is 37.3 Å². The number of rotatable bonds is 3. The van der Waals surface area contributed by atoms with Gasteiger partial charge in [0.1, 0.15) is 5.82 Å². The van der Waals surface area contributed by atoms with Crippen molar-refractivity contribution >= 4 is 54.5 Å². The lowest BCUT2D eigenvalue weighted by Gasteiger charge is -2.09. The van der Waals surface area contributed by atoms with Gasteiger partial charge in [-0.2, -0.15) is 11.8 Å². The smallest absolute Gasteiger partial charge is 0.258 e. The third kappa shape index (κ3) is 3.12. The van der Waals surface area contributed by atoms with Gasteiger partial charge in [0.05, 0.1) is 16.7 Å². The molecule has 1 aliphatic carbocycles. The first kappa shape index (κ1) is 14.6. The summed E-state index contributed by atoms with van der Waals surface area (Å²) in [4.78, 5) is 19.6. The second-order valence-electron chi connectivity index (χ2n) is 5.01. The van der Waals surface area contributed by atoms with E-state index in [0.29, 0.717) is 5.39 Å². The first-order valence-corrected chi connectivity index (χ1v) is 9.26. The molecule has 2 aromatic rings. The summed E-state index contributed by atoms with van der Waals surface area (Å²) in [5.41, 5.74) is 0.665. The minimum absolute atomic E-state index is 0.0704. The molecule has 0 atom stereocenters. The maximum atomic E-state index is 12.2. The largest absolute Gasteiger partial charge is 0.309 e. The van der Waals surface area contributed by atoms with E-state index in [2.05, 4.69) is 41.8 Å². The number of hydrogen-bond donors (Lipinski definition) is 1. The van der Waals surface area contributed by atoms with E-state index in [1.54, 1.807) is 6.07 Å². The molecular weight excluding hydrogens is 404 g/mol. The van der Waals surface area contributed by atoms with Gasteiger partial charge in [-0.25, -0.2) is 4.98 Å². The number of H-pyrrole nitrogens is 1. The molecule has 0 bridgehead atoms. The third-order valence-corrected chi connectivity index (χ3v) is 5.98. The maximum absolute atomic E-state index is 12.2. The van der Waals surface area contributed by atoms with Gasteiger partial charge in [-0.1, -0.05) is 28.8 Å². The number of hydrogen-bond acceptors (Lipinski definition) is 3. The summed E-state index contributed by atoms with van der Waals surface area (Å²) in [7, 11) is 0. The predicted octanol–water partition coefficient (Wildman–Crippen LogP) is 4.62. The van der Waals surface area contributed by atoms with Crippen LogP contribution < -0.4 is 5.56 Å². The molecule has 0 amide bonds. The molecule has 0 radical (unpaired) electrons. The highest BCUT2D eigenvalue weighted by Crippen LogP contribution is 2.31. The van der Waals surface area contributed by atoms with Crippen LogP contribution in [0, 0.1) is 0 Å². The van der Waals surface area contributed by atoms with Crippen molar-refractivity contribution in [2.24, 2.45) is 0 Å². The Morgan fingerprint density at radius 3 is 2.80 bits per heavy atom. The van der Waals surface area contributed by atoms with Crippen LogP contribution in [0.5, 0.6) is 0 Å². The van der Waals surface area contributed by atoms with Crippen LogP contribution in [-0.2, 0) is 5.75 Å². The SMILES string of the molecule is O=c1[nH]c(CSC2CCCC2)nc2c(Br)cc(Br)cc12. The average molecular weight is 418 g/mol. The van der Waals surface area contributed by atoms with Crippen LogP contribution in [0.1, 0.15) is 31.5 Å². The number of aromatic nitrogens is 2.